The van der Waals surface area contributed by atoms with Crippen LogP contribution in [-0.4, -0.2) is 9.97 Å². The molecule has 0 spiro atoms. The van der Waals surface area contributed by atoms with Crippen molar-refractivity contribution in [3.05, 3.63) is 242 Å². The lowest BCUT2D eigenvalue weighted by atomic mass is 9.73. The Balaban J connectivity index is 0.859. The average molecular weight is 809 g/mol. The largest absolute Gasteiger partial charge is 0.311 e. The number of hydrogen-bond donors (Lipinski definition) is 0. The van der Waals surface area contributed by atoms with Crippen LogP contribution in [0.15, 0.2) is 231 Å². The maximum absolute atomic E-state index is 4.43. The smallest absolute Gasteiger partial charge is 0.159 e. The molecule has 8 aromatic carbocycles. The Labute approximate surface area is 369 Å². The van der Waals surface area contributed by atoms with Crippen molar-refractivity contribution in [3.63, 3.8) is 0 Å². The Morgan fingerprint density at radius 1 is 0.381 bits per heavy atom. The van der Waals surface area contributed by atoms with Gasteiger partial charge in [0.15, 0.2) is 5.65 Å². The van der Waals surface area contributed by atoms with E-state index >= 15 is 0 Å². The van der Waals surface area contributed by atoms with Gasteiger partial charge in [-0.2, -0.15) is 0 Å². The molecule has 0 radical (unpaired) electrons. The number of benzene rings is 8. The number of aromatic nitrogens is 2. The third-order valence-corrected chi connectivity index (χ3v) is 12.6. The van der Waals surface area contributed by atoms with Crippen LogP contribution in [0.25, 0.3) is 55.5 Å². The van der Waals surface area contributed by atoms with Crippen LogP contribution in [0.2, 0.25) is 0 Å². The van der Waals surface area contributed by atoms with E-state index in [0.717, 1.165) is 44.9 Å². The molecule has 0 bridgehead atoms. The average Bonchev–Trinajstić information content (AvgIpc) is 3.35. The molecule has 2 aromatic heterocycles. The van der Waals surface area contributed by atoms with Gasteiger partial charge in [0, 0.05) is 45.9 Å². The van der Waals surface area contributed by atoms with Gasteiger partial charge in [-0.15, -0.1) is 0 Å². The number of fused-ring (bicyclic) bond motifs is 3. The summed E-state index contributed by atoms with van der Waals surface area (Å²) >= 11 is 0. The van der Waals surface area contributed by atoms with Gasteiger partial charge in [-0.3, -0.25) is 0 Å². The van der Waals surface area contributed by atoms with Crippen molar-refractivity contribution >= 4 is 45.2 Å². The Hall–Kier alpha value is -8.08. The van der Waals surface area contributed by atoms with Crippen LogP contribution in [0.4, 0.5) is 34.1 Å². The lowest BCUT2D eigenvalue weighted by molar-refractivity contribution is 0.632. The van der Waals surface area contributed by atoms with Gasteiger partial charge in [0.25, 0.3) is 0 Å². The van der Waals surface area contributed by atoms with Crippen LogP contribution >= 0.6 is 0 Å². The number of hydrogen-bond acceptors (Lipinski definition) is 4. The highest BCUT2D eigenvalue weighted by Gasteiger charge is 2.37. The van der Waals surface area contributed by atoms with Crippen molar-refractivity contribution in [2.75, 3.05) is 9.80 Å². The van der Waals surface area contributed by atoms with Crippen molar-refractivity contribution < 1.29 is 0 Å². The molecule has 0 N–H and O–H groups in total. The Bertz CT molecular complexity index is 3210. The van der Waals surface area contributed by atoms with E-state index in [4.69, 9.17) is 0 Å². The topological polar surface area (TPSA) is 32.3 Å². The normalized spacial score (nSPS) is 12.7. The van der Waals surface area contributed by atoms with Crippen molar-refractivity contribution in [3.8, 4) is 44.5 Å². The maximum atomic E-state index is 4.43. The molecule has 3 heterocycles. The predicted octanol–water partition coefficient (Wildman–Crippen LogP) is 15.9. The van der Waals surface area contributed by atoms with Crippen molar-refractivity contribution in [2.45, 2.75) is 19.3 Å². The summed E-state index contributed by atoms with van der Waals surface area (Å²) in [6.45, 7) is 4.70. The van der Waals surface area contributed by atoms with Gasteiger partial charge in [-0.1, -0.05) is 147 Å². The molecule has 4 nitrogen and oxygen atoms in total. The first-order valence-corrected chi connectivity index (χ1v) is 21.6. The minimum Gasteiger partial charge on any atom is -0.311 e. The number of rotatable bonds is 8. The molecule has 1 aliphatic rings. The van der Waals surface area contributed by atoms with Gasteiger partial charge >= 0.3 is 0 Å². The van der Waals surface area contributed by atoms with E-state index < -0.39 is 0 Å². The summed E-state index contributed by atoms with van der Waals surface area (Å²) in [5.74, 6) is 0. The summed E-state index contributed by atoms with van der Waals surface area (Å²) in [7, 11) is 0. The van der Waals surface area contributed by atoms with Crippen LogP contribution in [0.3, 0.4) is 0 Å². The molecular weight excluding hydrogens is 765 g/mol. The van der Waals surface area contributed by atoms with E-state index in [1.165, 1.54) is 55.9 Å². The summed E-state index contributed by atoms with van der Waals surface area (Å²) in [5.41, 5.74) is 19.5. The highest BCUT2D eigenvalue weighted by molar-refractivity contribution is 5.93. The molecule has 0 amide bonds. The molecule has 0 saturated carbocycles. The molecule has 0 aliphatic carbocycles. The van der Waals surface area contributed by atoms with E-state index in [1.807, 2.05) is 12.3 Å². The number of nitrogens with zero attached hydrogens (tertiary/aromatic N) is 4. The molecule has 0 unspecified atom stereocenters. The minimum absolute atomic E-state index is 0.173. The second-order valence-corrected chi connectivity index (χ2v) is 16.7. The van der Waals surface area contributed by atoms with Gasteiger partial charge in [-0.05, 0) is 141 Å². The van der Waals surface area contributed by atoms with E-state index in [-0.39, 0.29) is 5.41 Å². The molecule has 0 saturated heterocycles. The van der Waals surface area contributed by atoms with Gasteiger partial charge in [-0.25, -0.2) is 9.97 Å². The van der Waals surface area contributed by atoms with Crippen molar-refractivity contribution in [1.29, 1.82) is 0 Å². The summed E-state index contributed by atoms with van der Waals surface area (Å²) in [5, 5.41) is 1.06. The molecule has 0 fully saturated rings. The molecule has 11 rings (SSSR count). The molecule has 10 aromatic rings. The highest BCUT2D eigenvalue weighted by Crippen LogP contribution is 2.52. The first-order chi connectivity index (χ1) is 31.0. The fourth-order valence-electron chi connectivity index (χ4n) is 9.30. The summed E-state index contributed by atoms with van der Waals surface area (Å²) in [6, 6.07) is 78.7. The monoisotopic (exact) mass is 808 g/mol. The summed E-state index contributed by atoms with van der Waals surface area (Å²) in [4.78, 5) is 13.6. The van der Waals surface area contributed by atoms with Crippen LogP contribution < -0.4 is 9.80 Å². The second-order valence-electron chi connectivity index (χ2n) is 16.7. The lowest BCUT2D eigenvalue weighted by Gasteiger charge is -2.42. The van der Waals surface area contributed by atoms with Gasteiger partial charge in [0.1, 0.15) is 0 Å². The standard InChI is InChI=1S/C59H44N4/c1-59(2)54-17-9-10-18-56(54)63(49-14-7-4-8-15-49)57-36-31-47(40-55(57)59)45-29-34-51(35-30-45)62(48-12-5-3-6-13-48)50-32-27-44(28-33-50)42-21-19-41(20-22-42)43-23-25-46(26-24-43)52-37-39-61-58-53(52)16-11-38-60-58/h3-40H,1-2H3. The third kappa shape index (κ3) is 6.92. The number of pyridine rings is 2. The van der Waals surface area contributed by atoms with Crippen molar-refractivity contribution in [1.82, 2.24) is 9.97 Å². The fraction of sp³-hybridized carbons (Fsp3) is 0.0508. The zero-order valence-corrected chi connectivity index (χ0v) is 35.2. The van der Waals surface area contributed by atoms with Crippen LogP contribution in [0.1, 0.15) is 25.0 Å². The summed E-state index contributed by atoms with van der Waals surface area (Å²) < 4.78 is 0. The maximum Gasteiger partial charge on any atom is 0.159 e. The van der Waals surface area contributed by atoms with Gasteiger partial charge < -0.3 is 9.80 Å². The van der Waals surface area contributed by atoms with E-state index in [0.29, 0.717) is 0 Å². The zero-order chi connectivity index (χ0) is 42.3. The Morgan fingerprint density at radius 3 is 1.49 bits per heavy atom. The predicted molar refractivity (Wildman–Crippen MR) is 263 cm³/mol. The number of anilines is 6. The van der Waals surface area contributed by atoms with Crippen LogP contribution in [-0.2, 0) is 5.41 Å². The second kappa shape index (κ2) is 15.7. The Morgan fingerprint density at radius 2 is 0.857 bits per heavy atom. The fourth-order valence-corrected chi connectivity index (χ4v) is 9.30. The third-order valence-electron chi connectivity index (χ3n) is 12.6. The molecule has 4 heteroatoms. The zero-order valence-electron chi connectivity index (χ0n) is 35.2. The molecule has 0 atom stereocenters. The highest BCUT2D eigenvalue weighted by atomic mass is 15.2. The van der Waals surface area contributed by atoms with Crippen LogP contribution in [0, 0.1) is 0 Å². The first kappa shape index (κ1) is 37.9. The molecule has 300 valence electrons. The number of para-hydroxylation sites is 3. The SMILES string of the molecule is CC1(C)c2ccccc2N(c2ccccc2)c2ccc(-c3ccc(N(c4ccccc4)c4ccc(-c5ccc(-c6ccc(-c7ccnc8ncccc78)cc6)cc5)cc4)cc3)cc21. The van der Waals surface area contributed by atoms with E-state index in [1.54, 1.807) is 6.20 Å². The lowest BCUT2D eigenvalue weighted by Crippen LogP contribution is -2.30. The van der Waals surface area contributed by atoms with E-state index in [2.05, 4.69) is 246 Å². The minimum atomic E-state index is -0.173. The summed E-state index contributed by atoms with van der Waals surface area (Å²) in [6.07, 6.45) is 3.62. The van der Waals surface area contributed by atoms with Crippen LogP contribution in [0.5, 0.6) is 0 Å². The quantitative estimate of drug-likeness (QED) is 0.153. The molecular formula is C59H44N4. The molecule has 1 aliphatic heterocycles. The van der Waals surface area contributed by atoms with Gasteiger partial charge in [0.05, 0.1) is 11.4 Å². The van der Waals surface area contributed by atoms with E-state index in [9.17, 15) is 0 Å². The first-order valence-electron chi connectivity index (χ1n) is 21.6. The van der Waals surface area contributed by atoms with Crippen molar-refractivity contribution in [2.24, 2.45) is 0 Å². The Kier molecular flexibility index (Phi) is 9.47. The molecule has 63 heavy (non-hydrogen) atoms. The van der Waals surface area contributed by atoms with Gasteiger partial charge in [0.2, 0.25) is 0 Å².